The first-order valence-electron chi connectivity index (χ1n) is 5.28. The van der Waals surface area contributed by atoms with Crippen molar-refractivity contribution in [2.45, 2.75) is 39.5 Å². The van der Waals surface area contributed by atoms with Crippen LogP contribution in [0.1, 0.15) is 38.8 Å². The third-order valence-corrected chi connectivity index (χ3v) is 3.72. The third kappa shape index (κ3) is 1.21. The Kier molecular flexibility index (Phi) is 2.02. The molecule has 1 aliphatic carbocycles. The van der Waals surface area contributed by atoms with E-state index >= 15 is 0 Å². The summed E-state index contributed by atoms with van der Waals surface area (Å²) < 4.78 is 0. The van der Waals surface area contributed by atoms with Gasteiger partial charge >= 0.3 is 0 Å². The highest BCUT2D eigenvalue weighted by Gasteiger charge is 2.29. The minimum absolute atomic E-state index is 0.221. The highest BCUT2D eigenvalue weighted by atomic mass is 14.3. The Bertz CT molecular complexity index is 394. The Morgan fingerprint density at radius 2 is 1.71 bits per heavy atom. The van der Waals surface area contributed by atoms with Crippen LogP contribution >= 0.6 is 0 Å². The normalized spacial score (nSPS) is 19.4. The summed E-state index contributed by atoms with van der Waals surface area (Å²) in [5, 5.41) is 0. The molecule has 0 radical (unpaired) electrons. The summed E-state index contributed by atoms with van der Waals surface area (Å²) in [6.07, 6.45) is 1.13. The predicted octanol–water partition coefficient (Wildman–Crippen LogP) is 3.86. The molecule has 0 spiro atoms. The van der Waals surface area contributed by atoms with Crippen LogP contribution in [0.4, 0.5) is 0 Å². The molecule has 0 aromatic heterocycles. The van der Waals surface area contributed by atoms with Crippen molar-refractivity contribution < 1.29 is 0 Å². The van der Waals surface area contributed by atoms with Crippen LogP contribution in [0.5, 0.6) is 0 Å². The maximum Gasteiger partial charge on any atom is 0.0108 e. The molecule has 0 N–H and O–H groups in total. The summed E-state index contributed by atoms with van der Waals surface area (Å²) in [5.41, 5.74) is 6.30. The van der Waals surface area contributed by atoms with E-state index in [1.807, 2.05) is 0 Å². The van der Waals surface area contributed by atoms with E-state index in [4.69, 9.17) is 0 Å². The summed E-state index contributed by atoms with van der Waals surface area (Å²) in [5.74, 6) is 0. The highest BCUT2D eigenvalue weighted by molar-refractivity contribution is 5.47. The minimum Gasteiger partial charge on any atom is -0.0691 e. The Morgan fingerprint density at radius 1 is 1.07 bits per heavy atom. The van der Waals surface area contributed by atoms with Gasteiger partial charge in [0.1, 0.15) is 0 Å². The fourth-order valence-electron chi connectivity index (χ4n) is 2.44. The van der Waals surface area contributed by atoms with Gasteiger partial charge in [0.25, 0.3) is 0 Å². The molecule has 0 nitrogen and oxygen atoms in total. The molecule has 74 valence electrons. The van der Waals surface area contributed by atoms with Crippen molar-refractivity contribution in [2.24, 2.45) is 0 Å². The molecule has 0 fully saturated rings. The molecule has 1 aromatic carbocycles. The number of hydrogen-bond donors (Lipinski definition) is 0. The van der Waals surface area contributed by atoms with E-state index in [1.165, 1.54) is 22.3 Å². The van der Waals surface area contributed by atoms with Crippen LogP contribution in [0, 0.1) is 0 Å². The standard InChI is InChI=1S/C14H18/c1-10-9-12-7-5-6-8-13(12)14(3,4)11(10)2/h5-8H,9H2,1-4H3. The van der Waals surface area contributed by atoms with Gasteiger partial charge in [-0.3, -0.25) is 0 Å². The van der Waals surface area contributed by atoms with Gasteiger partial charge in [0, 0.05) is 5.41 Å². The SMILES string of the molecule is CC1=C(C)C(C)(C)c2ccccc2C1. The van der Waals surface area contributed by atoms with E-state index in [9.17, 15) is 0 Å². The quantitative estimate of drug-likeness (QED) is 0.540. The van der Waals surface area contributed by atoms with Crippen molar-refractivity contribution >= 4 is 0 Å². The molecule has 1 aliphatic rings. The lowest BCUT2D eigenvalue weighted by molar-refractivity contribution is 0.591. The second-order valence-corrected chi connectivity index (χ2v) is 4.86. The number of hydrogen-bond acceptors (Lipinski definition) is 0. The molecule has 0 bridgehead atoms. The van der Waals surface area contributed by atoms with E-state index in [2.05, 4.69) is 52.0 Å². The van der Waals surface area contributed by atoms with Gasteiger partial charge in [0.05, 0.1) is 0 Å². The number of fused-ring (bicyclic) bond motifs is 1. The average molecular weight is 186 g/mol. The molecule has 0 heteroatoms. The Labute approximate surface area is 86.7 Å². The van der Waals surface area contributed by atoms with Gasteiger partial charge in [-0.15, -0.1) is 0 Å². The Morgan fingerprint density at radius 3 is 2.43 bits per heavy atom. The van der Waals surface area contributed by atoms with E-state index < -0.39 is 0 Å². The summed E-state index contributed by atoms with van der Waals surface area (Å²) in [4.78, 5) is 0. The summed E-state index contributed by atoms with van der Waals surface area (Å²) in [7, 11) is 0. The molecule has 1 aromatic rings. The molecule has 0 heterocycles. The number of allylic oxidation sites excluding steroid dienone is 2. The van der Waals surface area contributed by atoms with Crippen molar-refractivity contribution in [2.75, 3.05) is 0 Å². The van der Waals surface area contributed by atoms with Crippen molar-refractivity contribution in [1.29, 1.82) is 0 Å². The summed E-state index contributed by atoms with van der Waals surface area (Å²) >= 11 is 0. The van der Waals surface area contributed by atoms with Crippen LogP contribution in [-0.2, 0) is 11.8 Å². The lowest BCUT2D eigenvalue weighted by Gasteiger charge is -2.35. The molecule has 0 amide bonds. The molecular formula is C14H18. The Hall–Kier alpha value is -1.04. The van der Waals surface area contributed by atoms with Gasteiger partial charge in [-0.25, -0.2) is 0 Å². The maximum atomic E-state index is 2.32. The van der Waals surface area contributed by atoms with E-state index in [-0.39, 0.29) is 5.41 Å². The van der Waals surface area contributed by atoms with Crippen LogP contribution in [0.15, 0.2) is 35.4 Å². The van der Waals surface area contributed by atoms with E-state index in [0.717, 1.165) is 6.42 Å². The zero-order valence-electron chi connectivity index (χ0n) is 9.52. The first-order valence-corrected chi connectivity index (χ1v) is 5.28. The van der Waals surface area contributed by atoms with Crippen LogP contribution in [0.25, 0.3) is 0 Å². The average Bonchev–Trinajstić information content (AvgIpc) is 2.15. The van der Waals surface area contributed by atoms with Crippen molar-refractivity contribution in [3.05, 3.63) is 46.5 Å². The Balaban J connectivity index is 2.64. The van der Waals surface area contributed by atoms with Crippen molar-refractivity contribution in [3.63, 3.8) is 0 Å². The third-order valence-electron chi connectivity index (χ3n) is 3.72. The topological polar surface area (TPSA) is 0 Å². The van der Waals surface area contributed by atoms with Crippen LogP contribution < -0.4 is 0 Å². The maximum absolute atomic E-state index is 2.32. The first-order chi connectivity index (χ1) is 6.53. The monoisotopic (exact) mass is 186 g/mol. The minimum atomic E-state index is 0.221. The fourth-order valence-corrected chi connectivity index (χ4v) is 2.44. The lowest BCUT2D eigenvalue weighted by Crippen LogP contribution is -2.25. The number of benzene rings is 1. The number of rotatable bonds is 0. The highest BCUT2D eigenvalue weighted by Crippen LogP contribution is 2.40. The molecule has 0 unspecified atom stereocenters. The zero-order valence-corrected chi connectivity index (χ0v) is 9.52. The van der Waals surface area contributed by atoms with Crippen LogP contribution in [0.3, 0.4) is 0 Å². The molecule has 2 rings (SSSR count). The summed E-state index contributed by atoms with van der Waals surface area (Å²) in [6.45, 7) is 9.17. The van der Waals surface area contributed by atoms with Gasteiger partial charge < -0.3 is 0 Å². The van der Waals surface area contributed by atoms with Gasteiger partial charge in [-0.1, -0.05) is 49.3 Å². The van der Waals surface area contributed by atoms with Crippen molar-refractivity contribution in [3.8, 4) is 0 Å². The first kappa shape index (κ1) is 9.51. The van der Waals surface area contributed by atoms with E-state index in [0.29, 0.717) is 0 Å². The van der Waals surface area contributed by atoms with Gasteiger partial charge in [0.2, 0.25) is 0 Å². The fraction of sp³-hybridized carbons (Fsp3) is 0.429. The molecule has 14 heavy (non-hydrogen) atoms. The second kappa shape index (κ2) is 2.98. The molecule has 0 saturated carbocycles. The lowest BCUT2D eigenvalue weighted by atomic mass is 9.70. The largest absolute Gasteiger partial charge is 0.0691 e. The summed E-state index contributed by atoms with van der Waals surface area (Å²) in [6, 6.07) is 8.82. The van der Waals surface area contributed by atoms with E-state index in [1.54, 1.807) is 0 Å². The van der Waals surface area contributed by atoms with Crippen molar-refractivity contribution in [1.82, 2.24) is 0 Å². The zero-order chi connectivity index (χ0) is 10.3. The van der Waals surface area contributed by atoms with Gasteiger partial charge in [-0.2, -0.15) is 0 Å². The molecule has 0 atom stereocenters. The second-order valence-electron chi connectivity index (χ2n) is 4.86. The molecule has 0 aliphatic heterocycles. The van der Waals surface area contributed by atoms with Gasteiger partial charge in [0.15, 0.2) is 0 Å². The molecular weight excluding hydrogens is 168 g/mol. The van der Waals surface area contributed by atoms with Crippen LogP contribution in [0.2, 0.25) is 0 Å². The molecule has 0 saturated heterocycles. The predicted molar refractivity (Wildman–Crippen MR) is 61.5 cm³/mol. The smallest absolute Gasteiger partial charge is 0.0108 e. The van der Waals surface area contributed by atoms with Crippen LogP contribution in [-0.4, -0.2) is 0 Å². The van der Waals surface area contributed by atoms with Gasteiger partial charge in [-0.05, 0) is 31.4 Å².